The van der Waals surface area contributed by atoms with Crippen LogP contribution in [0.4, 0.5) is 0 Å². The lowest BCUT2D eigenvalue weighted by Gasteiger charge is -2.07. The third kappa shape index (κ3) is 3.87. The highest BCUT2D eigenvalue weighted by molar-refractivity contribution is 7.80. The highest BCUT2D eigenvalue weighted by Gasteiger charge is 2.01. The quantitative estimate of drug-likeness (QED) is 0.755. The molecule has 0 unspecified atom stereocenters. The van der Waals surface area contributed by atoms with Crippen LogP contribution in [0.1, 0.15) is 24.7 Å². The van der Waals surface area contributed by atoms with Crippen molar-refractivity contribution in [2.75, 3.05) is 6.54 Å². The first-order chi connectivity index (χ1) is 7.13. The predicted octanol–water partition coefficient (Wildman–Crippen LogP) is 1.10. The monoisotopic (exact) mass is 226 g/mol. The number of aryl methyl sites for hydroxylation is 2. The molecule has 1 heterocycles. The van der Waals surface area contributed by atoms with Crippen molar-refractivity contribution in [3.8, 4) is 0 Å². The summed E-state index contributed by atoms with van der Waals surface area (Å²) in [4.78, 5) is 0. The molecule has 1 aromatic rings. The van der Waals surface area contributed by atoms with Crippen LogP contribution in [0, 0.1) is 6.92 Å². The normalized spacial score (nSPS) is 10.1. The van der Waals surface area contributed by atoms with Crippen LogP contribution in [0.25, 0.3) is 0 Å². The summed E-state index contributed by atoms with van der Waals surface area (Å²) < 4.78 is 1.86. The number of nitrogens with zero attached hydrogens (tertiary/aromatic N) is 2. The zero-order chi connectivity index (χ0) is 11.3. The molecular formula is C10H18N4S. The fourth-order valence-electron chi connectivity index (χ4n) is 1.19. The summed E-state index contributed by atoms with van der Waals surface area (Å²) in [5.74, 6) is 0. The van der Waals surface area contributed by atoms with Crippen molar-refractivity contribution in [1.82, 2.24) is 20.4 Å². The Bertz CT molecular complexity index is 313. The second kappa shape index (κ2) is 5.70. The molecule has 84 valence electrons. The zero-order valence-electron chi connectivity index (χ0n) is 9.50. The Labute approximate surface area is 96.1 Å². The van der Waals surface area contributed by atoms with Crippen molar-refractivity contribution >= 4 is 17.3 Å². The van der Waals surface area contributed by atoms with Gasteiger partial charge in [0.15, 0.2) is 5.11 Å². The van der Waals surface area contributed by atoms with Crippen LogP contribution in [0.5, 0.6) is 0 Å². The van der Waals surface area contributed by atoms with Gasteiger partial charge in [0.2, 0.25) is 0 Å². The first-order valence-electron chi connectivity index (χ1n) is 5.14. The lowest BCUT2D eigenvalue weighted by molar-refractivity contribution is 0.708. The largest absolute Gasteiger partial charge is 0.363 e. The van der Waals surface area contributed by atoms with Crippen molar-refractivity contribution in [2.45, 2.75) is 26.8 Å². The molecule has 15 heavy (non-hydrogen) atoms. The lowest BCUT2D eigenvalue weighted by atomic mass is 10.4. The molecule has 0 fully saturated rings. The number of nitrogens with one attached hydrogen (secondary N) is 2. The third-order valence-electron chi connectivity index (χ3n) is 2.13. The van der Waals surface area contributed by atoms with Crippen molar-refractivity contribution in [3.63, 3.8) is 0 Å². The highest BCUT2D eigenvalue weighted by atomic mass is 32.1. The molecule has 4 nitrogen and oxygen atoms in total. The number of aromatic nitrogens is 2. The second-order valence-corrected chi connectivity index (χ2v) is 3.92. The first kappa shape index (κ1) is 12.0. The van der Waals surface area contributed by atoms with E-state index in [9.17, 15) is 0 Å². The van der Waals surface area contributed by atoms with Gasteiger partial charge in [-0.05, 0) is 31.6 Å². The minimum Gasteiger partial charge on any atom is -0.363 e. The molecule has 0 aliphatic rings. The van der Waals surface area contributed by atoms with E-state index in [-0.39, 0.29) is 0 Å². The molecule has 0 aliphatic carbocycles. The van der Waals surface area contributed by atoms with Gasteiger partial charge in [0, 0.05) is 19.3 Å². The summed E-state index contributed by atoms with van der Waals surface area (Å²) in [6.07, 6.45) is 1.07. The maximum atomic E-state index is 5.10. The third-order valence-corrected chi connectivity index (χ3v) is 2.42. The first-order valence-corrected chi connectivity index (χ1v) is 5.55. The van der Waals surface area contributed by atoms with Crippen molar-refractivity contribution < 1.29 is 0 Å². The van der Waals surface area contributed by atoms with E-state index in [0.717, 1.165) is 24.4 Å². The highest BCUT2D eigenvalue weighted by Crippen LogP contribution is 2.00. The Kier molecular flexibility index (Phi) is 4.55. The van der Waals surface area contributed by atoms with E-state index in [4.69, 9.17) is 12.2 Å². The number of thiocarbonyl (C=S) groups is 1. The molecule has 2 N–H and O–H groups in total. The van der Waals surface area contributed by atoms with Gasteiger partial charge in [-0.2, -0.15) is 5.10 Å². The van der Waals surface area contributed by atoms with E-state index in [2.05, 4.69) is 28.7 Å². The SMILES string of the molecule is CCCNC(=S)NCc1cc(C)n(C)n1. The molecule has 0 spiro atoms. The number of hydrogen-bond acceptors (Lipinski definition) is 2. The summed E-state index contributed by atoms with van der Waals surface area (Å²) in [7, 11) is 1.94. The Hall–Kier alpha value is -1.10. The average molecular weight is 226 g/mol. The Balaban J connectivity index is 2.33. The molecule has 0 aliphatic heterocycles. The zero-order valence-corrected chi connectivity index (χ0v) is 10.3. The molecule has 1 rings (SSSR count). The minimum absolute atomic E-state index is 0.678. The summed E-state index contributed by atoms with van der Waals surface area (Å²) in [5, 5.41) is 11.3. The fourth-order valence-corrected chi connectivity index (χ4v) is 1.37. The van der Waals surface area contributed by atoms with Crippen molar-refractivity contribution in [1.29, 1.82) is 0 Å². The van der Waals surface area contributed by atoms with E-state index in [1.165, 1.54) is 0 Å². The van der Waals surface area contributed by atoms with Crippen LogP contribution in [-0.4, -0.2) is 21.4 Å². The summed E-state index contributed by atoms with van der Waals surface area (Å²) in [5.41, 5.74) is 2.16. The van der Waals surface area contributed by atoms with E-state index in [1.54, 1.807) is 0 Å². The Morgan fingerprint density at radius 2 is 2.27 bits per heavy atom. The smallest absolute Gasteiger partial charge is 0.166 e. The van der Waals surface area contributed by atoms with Gasteiger partial charge in [-0.1, -0.05) is 6.92 Å². The van der Waals surface area contributed by atoms with Crippen molar-refractivity contribution in [3.05, 3.63) is 17.5 Å². The van der Waals surface area contributed by atoms with Gasteiger partial charge in [-0.3, -0.25) is 4.68 Å². The van der Waals surface area contributed by atoms with Crippen LogP contribution < -0.4 is 10.6 Å². The van der Waals surface area contributed by atoms with Crippen LogP contribution in [0.15, 0.2) is 6.07 Å². The summed E-state index contributed by atoms with van der Waals surface area (Å²) >= 11 is 5.10. The predicted molar refractivity (Wildman–Crippen MR) is 65.7 cm³/mol. The van der Waals surface area contributed by atoms with Gasteiger partial charge in [0.25, 0.3) is 0 Å². The van der Waals surface area contributed by atoms with Crippen LogP contribution in [0.2, 0.25) is 0 Å². The summed E-state index contributed by atoms with van der Waals surface area (Å²) in [6, 6.07) is 2.05. The van der Waals surface area contributed by atoms with E-state index < -0.39 is 0 Å². The average Bonchev–Trinajstić information content (AvgIpc) is 2.52. The molecule has 0 radical (unpaired) electrons. The number of hydrogen-bond donors (Lipinski definition) is 2. The van der Waals surface area contributed by atoms with Gasteiger partial charge in [-0.15, -0.1) is 0 Å². The Morgan fingerprint density at radius 1 is 1.53 bits per heavy atom. The standard InChI is InChI=1S/C10H18N4S/c1-4-5-11-10(15)12-7-9-6-8(2)14(3)13-9/h6H,4-5,7H2,1-3H3,(H2,11,12,15). The molecule has 0 saturated carbocycles. The second-order valence-electron chi connectivity index (χ2n) is 3.51. The fraction of sp³-hybridized carbons (Fsp3) is 0.600. The van der Waals surface area contributed by atoms with E-state index in [1.807, 2.05) is 18.7 Å². The van der Waals surface area contributed by atoms with Gasteiger partial charge in [0.1, 0.15) is 0 Å². The van der Waals surface area contributed by atoms with Crippen LogP contribution in [-0.2, 0) is 13.6 Å². The minimum atomic E-state index is 0.678. The van der Waals surface area contributed by atoms with Gasteiger partial charge in [0.05, 0.1) is 12.2 Å². The van der Waals surface area contributed by atoms with Crippen molar-refractivity contribution in [2.24, 2.45) is 7.05 Å². The topological polar surface area (TPSA) is 41.9 Å². The lowest BCUT2D eigenvalue weighted by Crippen LogP contribution is -2.35. The molecule has 5 heteroatoms. The maximum Gasteiger partial charge on any atom is 0.166 e. The molecule has 0 bridgehead atoms. The maximum absolute atomic E-state index is 5.10. The van der Waals surface area contributed by atoms with E-state index >= 15 is 0 Å². The molecule has 0 saturated heterocycles. The molecule has 0 amide bonds. The summed E-state index contributed by atoms with van der Waals surface area (Å²) in [6.45, 7) is 5.73. The molecular weight excluding hydrogens is 208 g/mol. The molecule has 0 aromatic carbocycles. The van der Waals surface area contributed by atoms with Gasteiger partial charge in [-0.25, -0.2) is 0 Å². The van der Waals surface area contributed by atoms with Gasteiger partial charge >= 0.3 is 0 Å². The van der Waals surface area contributed by atoms with E-state index in [0.29, 0.717) is 11.7 Å². The van der Waals surface area contributed by atoms with Crippen LogP contribution in [0.3, 0.4) is 0 Å². The number of rotatable bonds is 4. The van der Waals surface area contributed by atoms with Gasteiger partial charge < -0.3 is 10.6 Å². The van der Waals surface area contributed by atoms with Crippen LogP contribution >= 0.6 is 12.2 Å². The molecule has 1 aromatic heterocycles. The molecule has 0 atom stereocenters. The Morgan fingerprint density at radius 3 is 2.80 bits per heavy atom.